The minimum absolute atomic E-state index is 0.165. The summed E-state index contributed by atoms with van der Waals surface area (Å²) in [6.07, 6.45) is 2.01. The van der Waals surface area contributed by atoms with Gasteiger partial charge in [-0.15, -0.1) is 5.10 Å². The van der Waals surface area contributed by atoms with E-state index in [0.717, 1.165) is 16.8 Å². The van der Waals surface area contributed by atoms with Crippen molar-refractivity contribution in [2.75, 3.05) is 17.7 Å². The van der Waals surface area contributed by atoms with E-state index in [9.17, 15) is 4.79 Å². The highest BCUT2D eigenvalue weighted by Gasteiger charge is 2.27. The average molecular weight is 492 g/mol. The number of nitrogens with zero attached hydrogens (tertiary/aromatic N) is 3. The van der Waals surface area contributed by atoms with Gasteiger partial charge < -0.3 is 10.1 Å². The Morgan fingerprint density at radius 1 is 1.06 bits per heavy atom. The van der Waals surface area contributed by atoms with Crippen molar-refractivity contribution in [2.24, 2.45) is 0 Å². The van der Waals surface area contributed by atoms with E-state index < -0.39 is 0 Å². The predicted octanol–water partition coefficient (Wildman–Crippen LogP) is 5.90. The number of halogens is 2. The number of anilines is 2. The summed E-state index contributed by atoms with van der Waals surface area (Å²) in [5.74, 6) is 0.875. The molecule has 1 aromatic heterocycles. The Balaban J connectivity index is 1.51. The third kappa shape index (κ3) is 4.35. The lowest BCUT2D eigenvalue weighted by molar-refractivity contribution is 0.102. The van der Waals surface area contributed by atoms with Crippen LogP contribution in [0.4, 0.5) is 11.9 Å². The number of amides is 1. The van der Waals surface area contributed by atoms with Crippen molar-refractivity contribution in [3.05, 3.63) is 106 Å². The standard InChI is InChI=1S/C25H19Cl2N5O2/c1-34-18-6-4-5-16(13-18)23(33)29-24-30-25-28-21(15-9-11-17(26)12-10-15)14-22(32(25)31-24)19-7-2-3-8-20(19)27/h2-14,22H,1H3,(H2,28,29,30,31,33). The van der Waals surface area contributed by atoms with E-state index in [4.69, 9.17) is 27.9 Å². The molecular formula is C25H19Cl2N5O2. The molecule has 1 aliphatic heterocycles. The van der Waals surface area contributed by atoms with Gasteiger partial charge in [-0.1, -0.05) is 59.6 Å². The van der Waals surface area contributed by atoms with Gasteiger partial charge in [-0.25, -0.2) is 4.68 Å². The molecular weight excluding hydrogens is 473 g/mol. The van der Waals surface area contributed by atoms with E-state index in [1.54, 1.807) is 36.1 Å². The van der Waals surface area contributed by atoms with Crippen LogP contribution >= 0.6 is 23.2 Å². The number of nitrogens with one attached hydrogen (secondary N) is 2. The molecule has 1 unspecified atom stereocenters. The second kappa shape index (κ2) is 9.21. The number of rotatable bonds is 5. The van der Waals surface area contributed by atoms with Gasteiger partial charge in [0, 0.05) is 21.3 Å². The highest BCUT2D eigenvalue weighted by Crippen LogP contribution is 2.36. The number of fused-ring (bicyclic) bond motifs is 1. The fourth-order valence-corrected chi connectivity index (χ4v) is 4.09. The molecule has 9 heteroatoms. The first-order chi connectivity index (χ1) is 16.5. The molecule has 0 spiro atoms. The Labute approximate surface area is 206 Å². The zero-order chi connectivity index (χ0) is 23.7. The van der Waals surface area contributed by atoms with E-state index in [-0.39, 0.29) is 17.9 Å². The fraction of sp³-hybridized carbons (Fsp3) is 0.0800. The molecule has 0 aliphatic carbocycles. The van der Waals surface area contributed by atoms with Crippen molar-refractivity contribution in [1.82, 2.24) is 14.8 Å². The molecule has 4 aromatic rings. The summed E-state index contributed by atoms with van der Waals surface area (Å²) in [6.45, 7) is 0. The van der Waals surface area contributed by atoms with Gasteiger partial charge in [-0.2, -0.15) is 4.98 Å². The smallest absolute Gasteiger partial charge is 0.258 e. The molecule has 170 valence electrons. The van der Waals surface area contributed by atoms with E-state index >= 15 is 0 Å². The third-order valence-corrected chi connectivity index (χ3v) is 6.00. The Kier molecular flexibility index (Phi) is 5.96. The number of carbonyl (C=O) groups is 1. The van der Waals surface area contributed by atoms with Crippen LogP contribution < -0.4 is 15.4 Å². The first-order valence-corrected chi connectivity index (χ1v) is 11.2. The van der Waals surface area contributed by atoms with Crippen molar-refractivity contribution < 1.29 is 9.53 Å². The minimum Gasteiger partial charge on any atom is -0.497 e. The van der Waals surface area contributed by atoms with Gasteiger partial charge in [0.2, 0.25) is 5.95 Å². The Morgan fingerprint density at radius 3 is 2.62 bits per heavy atom. The lowest BCUT2D eigenvalue weighted by Gasteiger charge is -2.24. The fourth-order valence-electron chi connectivity index (χ4n) is 3.72. The normalized spacial score (nSPS) is 14.6. The van der Waals surface area contributed by atoms with Crippen LogP contribution in [0.5, 0.6) is 5.75 Å². The molecule has 0 saturated heterocycles. The predicted molar refractivity (Wildman–Crippen MR) is 134 cm³/mol. The second-order valence-corrected chi connectivity index (χ2v) is 8.41. The summed E-state index contributed by atoms with van der Waals surface area (Å²) in [5.41, 5.74) is 3.04. The molecule has 3 aromatic carbocycles. The topological polar surface area (TPSA) is 81.1 Å². The highest BCUT2D eigenvalue weighted by molar-refractivity contribution is 6.31. The molecule has 0 bridgehead atoms. The first-order valence-electron chi connectivity index (χ1n) is 10.4. The minimum atomic E-state index is -0.345. The number of hydrogen-bond donors (Lipinski definition) is 2. The van der Waals surface area contributed by atoms with Crippen molar-refractivity contribution in [1.29, 1.82) is 0 Å². The van der Waals surface area contributed by atoms with Crippen LogP contribution in [0, 0.1) is 0 Å². The number of allylic oxidation sites excluding steroid dienone is 1. The number of methoxy groups -OCH3 is 1. The number of ether oxygens (including phenoxy) is 1. The van der Waals surface area contributed by atoms with Crippen LogP contribution in [0.2, 0.25) is 10.0 Å². The van der Waals surface area contributed by atoms with Crippen LogP contribution in [0.1, 0.15) is 27.5 Å². The van der Waals surface area contributed by atoms with E-state index in [1.807, 2.05) is 54.6 Å². The quantitative estimate of drug-likeness (QED) is 0.363. The molecule has 0 saturated carbocycles. The highest BCUT2D eigenvalue weighted by atomic mass is 35.5. The summed E-state index contributed by atoms with van der Waals surface area (Å²) < 4.78 is 6.90. The molecule has 5 rings (SSSR count). The lowest BCUT2D eigenvalue weighted by Crippen LogP contribution is -2.20. The Hall–Kier alpha value is -3.81. The van der Waals surface area contributed by atoms with Gasteiger partial charge in [-0.3, -0.25) is 10.1 Å². The van der Waals surface area contributed by atoms with E-state index in [1.165, 1.54) is 0 Å². The molecule has 2 heterocycles. The van der Waals surface area contributed by atoms with Crippen molar-refractivity contribution in [3.8, 4) is 5.75 Å². The second-order valence-electron chi connectivity index (χ2n) is 7.57. The van der Waals surface area contributed by atoms with Crippen LogP contribution in [-0.4, -0.2) is 27.8 Å². The Morgan fingerprint density at radius 2 is 1.85 bits per heavy atom. The van der Waals surface area contributed by atoms with Gasteiger partial charge in [0.25, 0.3) is 11.9 Å². The first kappa shape index (κ1) is 22.0. The molecule has 0 radical (unpaired) electrons. The maximum absolute atomic E-state index is 12.8. The monoisotopic (exact) mass is 491 g/mol. The molecule has 34 heavy (non-hydrogen) atoms. The maximum Gasteiger partial charge on any atom is 0.258 e. The van der Waals surface area contributed by atoms with Crippen molar-refractivity contribution in [3.63, 3.8) is 0 Å². The van der Waals surface area contributed by atoms with Crippen LogP contribution in [-0.2, 0) is 0 Å². The van der Waals surface area contributed by atoms with Gasteiger partial charge in [-0.05, 0) is 53.6 Å². The summed E-state index contributed by atoms with van der Waals surface area (Å²) in [4.78, 5) is 17.3. The summed E-state index contributed by atoms with van der Waals surface area (Å²) in [6, 6.07) is 21.6. The van der Waals surface area contributed by atoms with E-state index in [0.29, 0.717) is 27.3 Å². The largest absolute Gasteiger partial charge is 0.497 e. The number of carbonyl (C=O) groups excluding carboxylic acids is 1. The van der Waals surface area contributed by atoms with Crippen LogP contribution in [0.25, 0.3) is 5.70 Å². The molecule has 0 fully saturated rings. The van der Waals surface area contributed by atoms with Gasteiger partial charge >= 0.3 is 0 Å². The number of hydrogen-bond acceptors (Lipinski definition) is 5. The van der Waals surface area contributed by atoms with Crippen LogP contribution in [0.15, 0.2) is 78.9 Å². The van der Waals surface area contributed by atoms with Crippen molar-refractivity contribution in [2.45, 2.75) is 6.04 Å². The average Bonchev–Trinajstić information content (AvgIpc) is 3.26. The molecule has 1 atom stereocenters. The molecule has 1 aliphatic rings. The third-order valence-electron chi connectivity index (χ3n) is 5.40. The van der Waals surface area contributed by atoms with Crippen molar-refractivity contribution >= 4 is 46.7 Å². The molecule has 1 amide bonds. The van der Waals surface area contributed by atoms with Gasteiger partial charge in [0.05, 0.1) is 7.11 Å². The van der Waals surface area contributed by atoms with Gasteiger partial charge in [0.15, 0.2) is 0 Å². The number of benzene rings is 3. The maximum atomic E-state index is 12.8. The molecule has 7 nitrogen and oxygen atoms in total. The Bertz CT molecular complexity index is 1400. The van der Waals surface area contributed by atoms with E-state index in [2.05, 4.69) is 20.7 Å². The van der Waals surface area contributed by atoms with Crippen LogP contribution in [0.3, 0.4) is 0 Å². The molecule has 2 N–H and O–H groups in total. The van der Waals surface area contributed by atoms with Gasteiger partial charge in [0.1, 0.15) is 11.8 Å². The zero-order valence-corrected chi connectivity index (χ0v) is 19.5. The summed E-state index contributed by atoms with van der Waals surface area (Å²) >= 11 is 12.6. The zero-order valence-electron chi connectivity index (χ0n) is 18.0. The number of aromatic nitrogens is 3. The SMILES string of the molecule is COc1cccc(C(=O)Nc2nc3n(n2)C(c2ccccc2Cl)C=C(c2ccc(Cl)cc2)N3)c1. The summed E-state index contributed by atoms with van der Waals surface area (Å²) in [7, 11) is 1.55. The summed E-state index contributed by atoms with van der Waals surface area (Å²) in [5, 5.41) is 11.9. The lowest BCUT2D eigenvalue weighted by atomic mass is 10.0.